The van der Waals surface area contributed by atoms with Crippen LogP contribution in [0.1, 0.15) is 29.5 Å². The molecule has 0 aliphatic carbocycles. The van der Waals surface area contributed by atoms with Gasteiger partial charge >= 0.3 is 0 Å². The second-order valence-electron chi connectivity index (χ2n) is 4.71. The minimum absolute atomic E-state index is 0.0534. The Bertz CT molecular complexity index is 619. The van der Waals surface area contributed by atoms with Gasteiger partial charge in [0, 0.05) is 5.92 Å². The summed E-state index contributed by atoms with van der Waals surface area (Å²) in [7, 11) is 0. The Labute approximate surface area is 114 Å². The van der Waals surface area contributed by atoms with Crippen LogP contribution in [-0.4, -0.2) is 6.10 Å². The van der Waals surface area contributed by atoms with Crippen molar-refractivity contribution in [3.63, 3.8) is 0 Å². The number of rotatable bonds is 1. The van der Waals surface area contributed by atoms with E-state index in [-0.39, 0.29) is 12.0 Å². The van der Waals surface area contributed by atoms with Crippen molar-refractivity contribution < 1.29 is 4.74 Å². The number of benzene rings is 2. The zero-order valence-corrected chi connectivity index (χ0v) is 11.0. The maximum Gasteiger partial charge on any atom is 0.129 e. The van der Waals surface area contributed by atoms with Crippen molar-refractivity contribution in [2.24, 2.45) is 0 Å². The van der Waals surface area contributed by atoms with Crippen molar-refractivity contribution in [3.05, 3.63) is 71.3 Å². The van der Waals surface area contributed by atoms with Gasteiger partial charge in [-0.05, 0) is 23.6 Å². The Balaban J connectivity index is 2.12. The van der Waals surface area contributed by atoms with Gasteiger partial charge in [0.25, 0.3) is 0 Å². The van der Waals surface area contributed by atoms with E-state index in [1.54, 1.807) is 0 Å². The maximum absolute atomic E-state index is 5.94. The number of ether oxygens (including phenoxy) is 1. The monoisotopic (exact) mass is 248 g/mol. The quantitative estimate of drug-likeness (QED) is 0.698. The van der Waals surface area contributed by atoms with Crippen molar-refractivity contribution >= 4 is 0 Å². The molecule has 94 valence electrons. The van der Waals surface area contributed by atoms with E-state index in [9.17, 15) is 0 Å². The molecule has 0 aromatic heterocycles. The molecule has 2 aromatic carbocycles. The molecular weight excluding hydrogens is 232 g/mol. The van der Waals surface area contributed by atoms with Gasteiger partial charge in [0.2, 0.25) is 0 Å². The smallest absolute Gasteiger partial charge is 0.129 e. The molecule has 1 nitrogen and oxygen atoms in total. The van der Waals surface area contributed by atoms with E-state index in [1.165, 1.54) is 16.7 Å². The third-order valence-corrected chi connectivity index (χ3v) is 3.56. The lowest BCUT2D eigenvalue weighted by molar-refractivity contribution is 0.0536. The Hall–Kier alpha value is -2.04. The van der Waals surface area contributed by atoms with Crippen LogP contribution >= 0.6 is 0 Å². The first-order valence-corrected chi connectivity index (χ1v) is 6.57. The standard InChI is InChI=1S/C18H16O/c1-2-8-17-18(14-9-4-3-5-10-14)16-12-7-6-11-15(16)13-19-17/h3-7,9-12,17-18H,13H2,1H3/t17-,18-/m1/s1. The van der Waals surface area contributed by atoms with Crippen LogP contribution in [-0.2, 0) is 11.3 Å². The maximum atomic E-state index is 5.94. The molecule has 1 aliphatic rings. The highest BCUT2D eigenvalue weighted by Crippen LogP contribution is 2.36. The zero-order chi connectivity index (χ0) is 13.1. The van der Waals surface area contributed by atoms with Gasteiger partial charge in [0.15, 0.2) is 0 Å². The second-order valence-corrected chi connectivity index (χ2v) is 4.71. The summed E-state index contributed by atoms with van der Waals surface area (Å²) >= 11 is 0. The highest BCUT2D eigenvalue weighted by atomic mass is 16.5. The van der Waals surface area contributed by atoms with Crippen molar-refractivity contribution in [2.45, 2.75) is 25.6 Å². The molecule has 0 radical (unpaired) electrons. The van der Waals surface area contributed by atoms with Gasteiger partial charge in [-0.1, -0.05) is 60.5 Å². The summed E-state index contributed by atoms with van der Waals surface area (Å²) in [5.74, 6) is 6.40. The Kier molecular flexibility index (Phi) is 3.35. The summed E-state index contributed by atoms with van der Waals surface area (Å²) in [5.41, 5.74) is 3.88. The average molecular weight is 248 g/mol. The summed E-state index contributed by atoms with van der Waals surface area (Å²) in [6.07, 6.45) is -0.0534. The molecule has 3 rings (SSSR count). The fourth-order valence-electron chi connectivity index (χ4n) is 2.69. The molecule has 0 N–H and O–H groups in total. The molecule has 1 heteroatoms. The first kappa shape index (κ1) is 12.0. The summed E-state index contributed by atoms with van der Waals surface area (Å²) in [6.45, 7) is 2.52. The van der Waals surface area contributed by atoms with Crippen LogP contribution in [0.4, 0.5) is 0 Å². The normalized spacial score (nSPS) is 21.1. The van der Waals surface area contributed by atoms with E-state index >= 15 is 0 Å². The molecule has 0 saturated carbocycles. The molecule has 0 fully saturated rings. The van der Waals surface area contributed by atoms with Gasteiger partial charge in [-0.3, -0.25) is 0 Å². The predicted octanol–water partition coefficient (Wildman–Crippen LogP) is 3.74. The largest absolute Gasteiger partial charge is 0.360 e. The molecule has 0 spiro atoms. The summed E-state index contributed by atoms with van der Waals surface area (Å²) < 4.78 is 5.94. The molecular formula is C18H16O. The van der Waals surface area contributed by atoms with E-state index in [1.807, 2.05) is 13.0 Å². The zero-order valence-electron chi connectivity index (χ0n) is 11.0. The minimum Gasteiger partial charge on any atom is -0.360 e. The molecule has 0 bridgehead atoms. The molecule has 2 aromatic rings. The summed E-state index contributed by atoms with van der Waals surface area (Å²) in [4.78, 5) is 0. The highest BCUT2D eigenvalue weighted by molar-refractivity contribution is 5.42. The van der Waals surface area contributed by atoms with Gasteiger partial charge in [-0.2, -0.15) is 0 Å². The van der Waals surface area contributed by atoms with Crippen molar-refractivity contribution in [3.8, 4) is 11.8 Å². The Morgan fingerprint density at radius 2 is 1.74 bits per heavy atom. The van der Waals surface area contributed by atoms with Gasteiger partial charge in [-0.15, -0.1) is 5.92 Å². The molecule has 0 amide bonds. The minimum atomic E-state index is -0.0534. The van der Waals surface area contributed by atoms with E-state index in [0.29, 0.717) is 6.61 Å². The van der Waals surface area contributed by atoms with Crippen LogP contribution in [0.3, 0.4) is 0 Å². The molecule has 0 saturated heterocycles. The number of hydrogen-bond donors (Lipinski definition) is 0. The third-order valence-electron chi connectivity index (χ3n) is 3.56. The molecule has 19 heavy (non-hydrogen) atoms. The lowest BCUT2D eigenvalue weighted by Crippen LogP contribution is -2.27. The molecule has 2 atom stereocenters. The second kappa shape index (κ2) is 5.30. The van der Waals surface area contributed by atoms with Gasteiger partial charge in [-0.25, -0.2) is 0 Å². The topological polar surface area (TPSA) is 9.23 Å². The first-order valence-electron chi connectivity index (χ1n) is 6.57. The highest BCUT2D eigenvalue weighted by Gasteiger charge is 2.30. The van der Waals surface area contributed by atoms with Crippen molar-refractivity contribution in [2.75, 3.05) is 0 Å². The van der Waals surface area contributed by atoms with Crippen LogP contribution in [0.2, 0.25) is 0 Å². The number of hydrogen-bond acceptors (Lipinski definition) is 1. The average Bonchev–Trinajstić information content (AvgIpc) is 2.48. The summed E-state index contributed by atoms with van der Waals surface area (Å²) in [6, 6.07) is 19.0. The van der Waals surface area contributed by atoms with E-state index in [0.717, 1.165) is 0 Å². The van der Waals surface area contributed by atoms with E-state index in [4.69, 9.17) is 4.74 Å². The fourth-order valence-corrected chi connectivity index (χ4v) is 2.69. The van der Waals surface area contributed by atoms with Crippen LogP contribution in [0.5, 0.6) is 0 Å². The SMILES string of the molecule is CC#C[C@H]1OCc2ccccc2[C@H]1c1ccccc1. The first-order chi connectivity index (χ1) is 9.40. The summed E-state index contributed by atoms with van der Waals surface area (Å²) in [5, 5.41) is 0. The number of fused-ring (bicyclic) bond motifs is 1. The predicted molar refractivity (Wildman–Crippen MR) is 76.8 cm³/mol. The lowest BCUT2D eigenvalue weighted by atomic mass is 9.82. The fraction of sp³-hybridized carbons (Fsp3) is 0.222. The van der Waals surface area contributed by atoms with Crippen LogP contribution in [0.25, 0.3) is 0 Å². The van der Waals surface area contributed by atoms with Gasteiger partial charge in [0.1, 0.15) is 6.10 Å². The lowest BCUT2D eigenvalue weighted by Gasteiger charge is -2.31. The van der Waals surface area contributed by atoms with E-state index < -0.39 is 0 Å². The van der Waals surface area contributed by atoms with Crippen LogP contribution in [0, 0.1) is 11.8 Å². The van der Waals surface area contributed by atoms with Gasteiger partial charge in [0.05, 0.1) is 6.61 Å². The van der Waals surface area contributed by atoms with Gasteiger partial charge < -0.3 is 4.74 Å². The van der Waals surface area contributed by atoms with Crippen LogP contribution < -0.4 is 0 Å². The Morgan fingerprint density at radius 1 is 1.00 bits per heavy atom. The molecule has 0 unspecified atom stereocenters. The third kappa shape index (κ3) is 2.28. The van der Waals surface area contributed by atoms with Crippen LogP contribution in [0.15, 0.2) is 54.6 Å². The molecule has 1 heterocycles. The van der Waals surface area contributed by atoms with E-state index in [2.05, 4.69) is 60.4 Å². The van der Waals surface area contributed by atoms with Crippen molar-refractivity contribution in [1.82, 2.24) is 0 Å². The van der Waals surface area contributed by atoms with Crippen molar-refractivity contribution in [1.29, 1.82) is 0 Å². The molecule has 1 aliphatic heterocycles. The Morgan fingerprint density at radius 3 is 2.53 bits per heavy atom.